The number of nitrogen functional groups attached to an aromatic ring is 1. The summed E-state index contributed by atoms with van der Waals surface area (Å²) in [5, 5.41) is 0.700. The van der Waals surface area contributed by atoms with Gasteiger partial charge >= 0.3 is 0 Å². The molecule has 0 spiro atoms. The average Bonchev–Trinajstić information content (AvgIpc) is 2.71. The van der Waals surface area contributed by atoms with E-state index in [2.05, 4.69) is 50.1 Å². The monoisotopic (exact) mass is 323 g/mol. The average molecular weight is 324 g/mol. The maximum Gasteiger partial charge on any atom is 0.180 e. The van der Waals surface area contributed by atoms with Gasteiger partial charge < -0.3 is 5.73 Å². The molecule has 0 aliphatic carbocycles. The zero-order valence-electron chi connectivity index (χ0n) is 9.90. The highest BCUT2D eigenvalue weighted by Gasteiger charge is 2.19. The zero-order chi connectivity index (χ0) is 12.5. The molecule has 0 amide bonds. The van der Waals surface area contributed by atoms with Gasteiger partial charge in [0.15, 0.2) is 5.13 Å². The van der Waals surface area contributed by atoms with Gasteiger partial charge in [-0.15, -0.1) is 11.3 Å². The molecule has 0 radical (unpaired) electrons. The lowest BCUT2D eigenvalue weighted by Gasteiger charge is -2.25. The number of benzene rings is 1. The Morgan fingerprint density at radius 1 is 1.33 bits per heavy atom. The van der Waals surface area contributed by atoms with E-state index in [1.165, 1.54) is 16.1 Å². The van der Waals surface area contributed by atoms with Crippen molar-refractivity contribution in [3.63, 3.8) is 0 Å². The first-order valence-electron chi connectivity index (χ1n) is 5.91. The fourth-order valence-corrected chi connectivity index (χ4v) is 3.44. The topological polar surface area (TPSA) is 42.1 Å². The Morgan fingerprint density at radius 2 is 2.11 bits per heavy atom. The maximum atomic E-state index is 5.76. The van der Waals surface area contributed by atoms with Gasteiger partial charge in [0.2, 0.25) is 0 Å². The first kappa shape index (κ1) is 12.1. The molecule has 0 saturated carbocycles. The molecule has 1 aliphatic rings. The Bertz CT molecular complexity index is 550. The molecule has 94 valence electrons. The molecule has 2 N–H and O–H groups in total. The predicted octanol–water partition coefficient (Wildman–Crippen LogP) is 3.05. The van der Waals surface area contributed by atoms with E-state index in [9.17, 15) is 0 Å². The standard InChI is InChI=1S/C13H14BrN3S/c14-10-3-1-9(2-4-10)7-17-6-5-11-12(8-17)18-13(15)16-11/h1-4H,5-8H2,(H2,15,16). The number of halogens is 1. The maximum absolute atomic E-state index is 5.76. The Morgan fingerprint density at radius 3 is 2.89 bits per heavy atom. The SMILES string of the molecule is Nc1nc2c(s1)CN(Cc1ccc(Br)cc1)CC2. The molecule has 0 bridgehead atoms. The molecular weight excluding hydrogens is 310 g/mol. The lowest BCUT2D eigenvalue weighted by atomic mass is 10.1. The molecule has 1 aromatic carbocycles. The van der Waals surface area contributed by atoms with E-state index in [1.54, 1.807) is 11.3 Å². The summed E-state index contributed by atoms with van der Waals surface area (Å²) in [5.41, 5.74) is 8.30. The minimum absolute atomic E-state index is 0.700. The number of nitrogens with zero attached hydrogens (tertiary/aromatic N) is 2. The van der Waals surface area contributed by atoms with E-state index in [1.807, 2.05) is 0 Å². The number of rotatable bonds is 2. The Labute approximate surface area is 119 Å². The quantitative estimate of drug-likeness (QED) is 0.923. The third kappa shape index (κ3) is 2.58. The summed E-state index contributed by atoms with van der Waals surface area (Å²) < 4.78 is 1.13. The number of nitrogens with two attached hydrogens (primary N) is 1. The summed E-state index contributed by atoms with van der Waals surface area (Å²) in [6, 6.07) is 8.52. The molecule has 2 heterocycles. The van der Waals surface area contributed by atoms with Crippen LogP contribution in [-0.2, 0) is 19.5 Å². The van der Waals surface area contributed by atoms with Crippen molar-refractivity contribution in [2.24, 2.45) is 0 Å². The molecule has 1 aliphatic heterocycles. The zero-order valence-corrected chi connectivity index (χ0v) is 12.3. The Hall–Kier alpha value is -0.910. The lowest BCUT2D eigenvalue weighted by Crippen LogP contribution is -2.29. The molecule has 0 unspecified atom stereocenters. The van der Waals surface area contributed by atoms with Gasteiger partial charge in [0.25, 0.3) is 0 Å². The number of hydrogen-bond donors (Lipinski definition) is 1. The molecule has 0 saturated heterocycles. The number of fused-ring (bicyclic) bond motifs is 1. The highest BCUT2D eigenvalue weighted by molar-refractivity contribution is 9.10. The predicted molar refractivity (Wildman–Crippen MR) is 78.5 cm³/mol. The third-order valence-electron chi connectivity index (χ3n) is 3.15. The van der Waals surface area contributed by atoms with Gasteiger partial charge in [-0.2, -0.15) is 0 Å². The van der Waals surface area contributed by atoms with Gasteiger partial charge in [0.05, 0.1) is 5.69 Å². The molecule has 1 aromatic heterocycles. The van der Waals surface area contributed by atoms with Crippen molar-refractivity contribution in [1.82, 2.24) is 9.88 Å². The van der Waals surface area contributed by atoms with Crippen molar-refractivity contribution in [3.8, 4) is 0 Å². The Kier molecular flexibility index (Phi) is 3.37. The van der Waals surface area contributed by atoms with E-state index < -0.39 is 0 Å². The highest BCUT2D eigenvalue weighted by atomic mass is 79.9. The van der Waals surface area contributed by atoms with Crippen molar-refractivity contribution >= 4 is 32.4 Å². The van der Waals surface area contributed by atoms with E-state index >= 15 is 0 Å². The second kappa shape index (κ2) is 4.99. The van der Waals surface area contributed by atoms with Crippen LogP contribution in [-0.4, -0.2) is 16.4 Å². The smallest absolute Gasteiger partial charge is 0.180 e. The Balaban J connectivity index is 1.70. The van der Waals surface area contributed by atoms with Crippen LogP contribution in [0.2, 0.25) is 0 Å². The minimum atomic E-state index is 0.700. The molecule has 5 heteroatoms. The van der Waals surface area contributed by atoms with Crippen LogP contribution in [0.1, 0.15) is 16.1 Å². The molecular formula is C13H14BrN3S. The second-order valence-corrected chi connectivity index (χ2v) is 6.54. The van der Waals surface area contributed by atoms with Crippen LogP contribution >= 0.6 is 27.3 Å². The van der Waals surface area contributed by atoms with Crippen molar-refractivity contribution in [2.45, 2.75) is 19.5 Å². The molecule has 2 aromatic rings. The van der Waals surface area contributed by atoms with Gasteiger partial charge in [-0.05, 0) is 17.7 Å². The molecule has 0 fully saturated rings. The van der Waals surface area contributed by atoms with Gasteiger partial charge in [0, 0.05) is 35.4 Å². The van der Waals surface area contributed by atoms with Gasteiger partial charge in [0.1, 0.15) is 0 Å². The van der Waals surface area contributed by atoms with Gasteiger partial charge in [-0.1, -0.05) is 28.1 Å². The first-order chi connectivity index (χ1) is 8.70. The van der Waals surface area contributed by atoms with E-state index in [0.717, 1.165) is 30.5 Å². The fraction of sp³-hybridized carbons (Fsp3) is 0.308. The van der Waals surface area contributed by atoms with Crippen molar-refractivity contribution in [2.75, 3.05) is 12.3 Å². The summed E-state index contributed by atoms with van der Waals surface area (Å²) in [4.78, 5) is 8.14. The normalized spacial score (nSPS) is 15.6. The van der Waals surface area contributed by atoms with Gasteiger partial charge in [-0.3, -0.25) is 4.90 Å². The highest BCUT2D eigenvalue weighted by Crippen LogP contribution is 2.27. The second-order valence-electron chi connectivity index (χ2n) is 4.51. The number of aromatic nitrogens is 1. The summed E-state index contributed by atoms with van der Waals surface area (Å²) in [5.74, 6) is 0. The number of anilines is 1. The van der Waals surface area contributed by atoms with E-state index in [0.29, 0.717) is 5.13 Å². The van der Waals surface area contributed by atoms with Crippen LogP contribution in [0.15, 0.2) is 28.7 Å². The number of thiazole rings is 1. The molecule has 3 rings (SSSR count). The molecule has 3 nitrogen and oxygen atoms in total. The van der Waals surface area contributed by atoms with Crippen LogP contribution in [0.5, 0.6) is 0 Å². The van der Waals surface area contributed by atoms with Crippen LogP contribution < -0.4 is 5.73 Å². The number of hydrogen-bond acceptors (Lipinski definition) is 4. The fourth-order valence-electron chi connectivity index (χ4n) is 2.25. The molecule has 0 atom stereocenters. The first-order valence-corrected chi connectivity index (χ1v) is 7.52. The van der Waals surface area contributed by atoms with E-state index in [4.69, 9.17) is 5.73 Å². The van der Waals surface area contributed by atoms with Crippen LogP contribution in [0.25, 0.3) is 0 Å². The summed E-state index contributed by atoms with van der Waals surface area (Å²) in [6.45, 7) is 3.02. The van der Waals surface area contributed by atoms with Gasteiger partial charge in [-0.25, -0.2) is 4.98 Å². The summed E-state index contributed by atoms with van der Waals surface area (Å²) in [7, 11) is 0. The van der Waals surface area contributed by atoms with Crippen molar-refractivity contribution in [1.29, 1.82) is 0 Å². The van der Waals surface area contributed by atoms with Crippen LogP contribution in [0, 0.1) is 0 Å². The van der Waals surface area contributed by atoms with E-state index in [-0.39, 0.29) is 0 Å². The summed E-state index contributed by atoms with van der Waals surface area (Å²) >= 11 is 5.09. The molecule has 18 heavy (non-hydrogen) atoms. The van der Waals surface area contributed by atoms with Crippen molar-refractivity contribution < 1.29 is 0 Å². The minimum Gasteiger partial charge on any atom is -0.375 e. The third-order valence-corrected chi connectivity index (χ3v) is 4.59. The largest absolute Gasteiger partial charge is 0.375 e. The van der Waals surface area contributed by atoms with Crippen LogP contribution in [0.4, 0.5) is 5.13 Å². The van der Waals surface area contributed by atoms with Crippen molar-refractivity contribution in [3.05, 3.63) is 44.9 Å². The van der Waals surface area contributed by atoms with Crippen LogP contribution in [0.3, 0.4) is 0 Å². The summed E-state index contributed by atoms with van der Waals surface area (Å²) in [6.07, 6.45) is 1.01. The lowest BCUT2D eigenvalue weighted by molar-refractivity contribution is 0.247.